The zero-order valence-electron chi connectivity index (χ0n) is 19.0. The normalized spacial score (nSPS) is 12.0. The molecule has 31 heavy (non-hydrogen) atoms. The maximum atomic E-state index is 12.5. The Balaban J connectivity index is 1.60. The lowest BCUT2D eigenvalue weighted by atomic mass is 10.1. The highest BCUT2D eigenvalue weighted by atomic mass is 16.1. The van der Waals surface area contributed by atoms with Gasteiger partial charge < -0.3 is 5.32 Å². The number of nitrogens with zero attached hydrogens (tertiary/aromatic N) is 3. The lowest BCUT2D eigenvalue weighted by molar-refractivity contribution is -0.121. The van der Waals surface area contributed by atoms with Crippen molar-refractivity contribution < 1.29 is 4.79 Å². The van der Waals surface area contributed by atoms with Gasteiger partial charge in [0.25, 0.3) is 5.56 Å². The van der Waals surface area contributed by atoms with E-state index in [1.807, 2.05) is 45.9 Å². The Kier molecular flexibility index (Phi) is 7.05. The second-order valence-corrected chi connectivity index (χ2v) is 8.15. The first-order valence-electron chi connectivity index (χ1n) is 10.7. The van der Waals surface area contributed by atoms with Gasteiger partial charge in [0.15, 0.2) is 0 Å². The van der Waals surface area contributed by atoms with Gasteiger partial charge >= 0.3 is 0 Å². The minimum Gasteiger partial charge on any atom is -0.354 e. The van der Waals surface area contributed by atoms with Crippen LogP contribution in [0.1, 0.15) is 53.5 Å². The molecule has 1 aromatic carbocycles. The zero-order valence-corrected chi connectivity index (χ0v) is 19.0. The third-order valence-electron chi connectivity index (χ3n) is 5.74. The van der Waals surface area contributed by atoms with Crippen molar-refractivity contribution in [2.24, 2.45) is 0 Å². The van der Waals surface area contributed by atoms with Gasteiger partial charge in [0.05, 0.1) is 5.69 Å². The van der Waals surface area contributed by atoms with Gasteiger partial charge in [-0.3, -0.25) is 14.6 Å². The minimum atomic E-state index is -0.166. The first-order valence-corrected chi connectivity index (χ1v) is 10.7. The molecule has 3 aromatic rings. The monoisotopic (exact) mass is 421 g/mol. The van der Waals surface area contributed by atoms with Gasteiger partial charge in [0.2, 0.25) is 11.9 Å². The van der Waals surface area contributed by atoms with Crippen molar-refractivity contribution >= 4 is 5.91 Å². The SMILES string of the molecule is Cc1nn(-c2nc(C)c(C)c(=O)[nH]2)c(C)c1CCC(=O)NC(C)CCc1ccccc1. The summed E-state index contributed by atoms with van der Waals surface area (Å²) in [6.45, 7) is 9.45. The number of carbonyl (C=O) groups is 1. The molecule has 0 aliphatic carbocycles. The van der Waals surface area contributed by atoms with Crippen molar-refractivity contribution in [3.05, 3.63) is 74.5 Å². The molecule has 0 radical (unpaired) electrons. The van der Waals surface area contributed by atoms with E-state index in [1.165, 1.54) is 5.56 Å². The maximum absolute atomic E-state index is 12.5. The van der Waals surface area contributed by atoms with Crippen molar-refractivity contribution in [2.75, 3.05) is 0 Å². The van der Waals surface area contributed by atoms with Crippen molar-refractivity contribution in [3.8, 4) is 5.95 Å². The molecule has 1 amide bonds. The molecule has 0 aliphatic heterocycles. The van der Waals surface area contributed by atoms with E-state index in [2.05, 4.69) is 32.5 Å². The Labute approximate surface area is 182 Å². The highest BCUT2D eigenvalue weighted by molar-refractivity contribution is 5.76. The van der Waals surface area contributed by atoms with Crippen LogP contribution in [0.5, 0.6) is 0 Å². The molecule has 0 spiro atoms. The maximum Gasteiger partial charge on any atom is 0.255 e. The fourth-order valence-corrected chi connectivity index (χ4v) is 3.66. The number of H-pyrrole nitrogens is 1. The number of hydrogen-bond acceptors (Lipinski definition) is 4. The smallest absolute Gasteiger partial charge is 0.255 e. The van der Waals surface area contributed by atoms with Gasteiger partial charge in [-0.05, 0) is 65.0 Å². The molecular formula is C24H31N5O2. The predicted molar refractivity (Wildman–Crippen MR) is 122 cm³/mol. The van der Waals surface area contributed by atoms with Crippen LogP contribution in [0.3, 0.4) is 0 Å². The van der Waals surface area contributed by atoms with Gasteiger partial charge in [-0.15, -0.1) is 0 Å². The van der Waals surface area contributed by atoms with Crippen LogP contribution in [0.4, 0.5) is 0 Å². The summed E-state index contributed by atoms with van der Waals surface area (Å²) < 4.78 is 1.65. The van der Waals surface area contributed by atoms with Crippen molar-refractivity contribution in [3.63, 3.8) is 0 Å². The number of aromatic nitrogens is 4. The first-order chi connectivity index (χ1) is 14.8. The number of amides is 1. The number of carbonyl (C=O) groups excluding carboxylic acids is 1. The summed E-state index contributed by atoms with van der Waals surface area (Å²) in [7, 11) is 0. The number of benzene rings is 1. The highest BCUT2D eigenvalue weighted by Crippen LogP contribution is 2.18. The van der Waals surface area contributed by atoms with Crippen LogP contribution in [0.15, 0.2) is 35.1 Å². The van der Waals surface area contributed by atoms with Gasteiger partial charge in [0.1, 0.15) is 0 Å². The number of aryl methyl sites for hydroxylation is 3. The lowest BCUT2D eigenvalue weighted by Crippen LogP contribution is -2.33. The molecule has 0 fully saturated rings. The van der Waals surface area contributed by atoms with E-state index < -0.39 is 0 Å². The van der Waals surface area contributed by atoms with Gasteiger partial charge in [-0.25, -0.2) is 9.67 Å². The average Bonchev–Trinajstić information content (AvgIpc) is 3.03. The highest BCUT2D eigenvalue weighted by Gasteiger charge is 2.17. The fourth-order valence-electron chi connectivity index (χ4n) is 3.66. The number of hydrogen-bond donors (Lipinski definition) is 2. The van der Waals surface area contributed by atoms with E-state index >= 15 is 0 Å². The van der Waals surface area contributed by atoms with Crippen LogP contribution < -0.4 is 10.9 Å². The van der Waals surface area contributed by atoms with Gasteiger partial charge in [-0.1, -0.05) is 30.3 Å². The molecule has 7 nitrogen and oxygen atoms in total. The summed E-state index contributed by atoms with van der Waals surface area (Å²) in [5.74, 6) is 0.434. The van der Waals surface area contributed by atoms with E-state index in [1.54, 1.807) is 11.6 Å². The van der Waals surface area contributed by atoms with Crippen LogP contribution in [0.25, 0.3) is 5.95 Å². The minimum absolute atomic E-state index is 0.0322. The van der Waals surface area contributed by atoms with Crippen molar-refractivity contribution in [2.45, 2.75) is 66.3 Å². The topological polar surface area (TPSA) is 92.7 Å². The lowest BCUT2D eigenvalue weighted by Gasteiger charge is -2.14. The summed E-state index contributed by atoms with van der Waals surface area (Å²) >= 11 is 0. The summed E-state index contributed by atoms with van der Waals surface area (Å²) in [6, 6.07) is 10.4. The third-order valence-corrected chi connectivity index (χ3v) is 5.74. The number of nitrogens with one attached hydrogen (secondary N) is 2. The second kappa shape index (κ2) is 9.73. The summed E-state index contributed by atoms with van der Waals surface area (Å²) in [6.07, 6.45) is 2.82. The predicted octanol–water partition coefficient (Wildman–Crippen LogP) is 3.26. The summed E-state index contributed by atoms with van der Waals surface area (Å²) in [4.78, 5) is 31.8. The van der Waals surface area contributed by atoms with Crippen LogP contribution >= 0.6 is 0 Å². The molecule has 2 N–H and O–H groups in total. The molecule has 0 bridgehead atoms. The van der Waals surface area contributed by atoms with Crippen LogP contribution in [-0.4, -0.2) is 31.7 Å². The third kappa shape index (κ3) is 5.48. The zero-order chi connectivity index (χ0) is 22.5. The molecule has 1 unspecified atom stereocenters. The number of aromatic amines is 1. The Hall–Kier alpha value is -3.22. The van der Waals surface area contributed by atoms with E-state index in [0.717, 1.165) is 29.8 Å². The molecule has 164 valence electrons. The van der Waals surface area contributed by atoms with Gasteiger partial charge in [0, 0.05) is 29.4 Å². The molecule has 2 heterocycles. The van der Waals surface area contributed by atoms with Crippen LogP contribution in [0.2, 0.25) is 0 Å². The standard InChI is InChI=1S/C24H31N5O2/c1-15(11-12-20-9-7-6-8-10-20)25-22(30)14-13-21-18(4)28-29(19(21)5)24-26-17(3)16(2)23(31)27-24/h6-10,15H,11-14H2,1-5H3,(H,25,30)(H,26,27,31). The molecule has 0 saturated carbocycles. The van der Waals surface area contributed by atoms with Crippen LogP contribution in [-0.2, 0) is 17.6 Å². The Morgan fingerprint density at radius 2 is 1.81 bits per heavy atom. The quantitative estimate of drug-likeness (QED) is 0.584. The summed E-state index contributed by atoms with van der Waals surface area (Å²) in [5, 5.41) is 7.64. The van der Waals surface area contributed by atoms with Crippen molar-refractivity contribution in [1.82, 2.24) is 25.1 Å². The Morgan fingerprint density at radius 1 is 1.10 bits per heavy atom. The summed E-state index contributed by atoms with van der Waals surface area (Å²) in [5.41, 5.74) is 5.12. The Morgan fingerprint density at radius 3 is 2.48 bits per heavy atom. The first kappa shape index (κ1) is 22.5. The number of rotatable bonds is 8. The molecule has 3 rings (SSSR count). The second-order valence-electron chi connectivity index (χ2n) is 8.15. The molecule has 7 heteroatoms. The average molecular weight is 422 g/mol. The van der Waals surface area contributed by atoms with Crippen LogP contribution in [0, 0.1) is 27.7 Å². The fraction of sp³-hybridized carbons (Fsp3) is 0.417. The molecule has 2 aromatic heterocycles. The molecular weight excluding hydrogens is 390 g/mol. The van der Waals surface area contributed by atoms with Gasteiger partial charge in [-0.2, -0.15) is 5.10 Å². The van der Waals surface area contributed by atoms with Crippen molar-refractivity contribution in [1.29, 1.82) is 0 Å². The molecule has 0 saturated heterocycles. The van der Waals surface area contributed by atoms with E-state index in [4.69, 9.17) is 0 Å². The van der Waals surface area contributed by atoms with E-state index in [9.17, 15) is 9.59 Å². The Bertz CT molecular complexity index is 1110. The molecule has 0 aliphatic rings. The van der Waals surface area contributed by atoms with E-state index in [0.29, 0.717) is 30.0 Å². The largest absolute Gasteiger partial charge is 0.354 e. The van der Waals surface area contributed by atoms with E-state index in [-0.39, 0.29) is 17.5 Å². The molecule has 1 atom stereocenters.